The van der Waals surface area contributed by atoms with Crippen LogP contribution < -0.4 is 4.90 Å². The molecule has 0 spiro atoms. The minimum absolute atomic E-state index is 0.104. The van der Waals surface area contributed by atoms with Gasteiger partial charge in [-0.15, -0.1) is 0 Å². The molecule has 3 fully saturated rings. The average molecular weight is 634 g/mol. The number of halogens is 2. The van der Waals surface area contributed by atoms with Crippen LogP contribution >= 0.6 is 11.6 Å². The molecule has 4 aliphatic rings. The van der Waals surface area contributed by atoms with Crippen LogP contribution in [0.25, 0.3) is 10.8 Å². The molecule has 0 aromatic heterocycles. The molecule has 45 heavy (non-hydrogen) atoms. The number of carbonyl (C=O) groups excluding carboxylic acids is 1. The number of ether oxygens (including phenoxy) is 1. The van der Waals surface area contributed by atoms with Crippen LogP contribution in [-0.4, -0.2) is 110 Å². The second kappa shape index (κ2) is 13.4. The smallest absolute Gasteiger partial charge is 0.282 e. The fourth-order valence-electron chi connectivity index (χ4n) is 7.36. The molecular formula is C34H41ClFN7O2. The van der Waals surface area contributed by atoms with Crippen molar-refractivity contribution in [3.63, 3.8) is 0 Å². The summed E-state index contributed by atoms with van der Waals surface area (Å²) in [5, 5.41) is 12.4. The van der Waals surface area contributed by atoms with E-state index in [1.807, 2.05) is 19.2 Å². The highest BCUT2D eigenvalue weighted by molar-refractivity contribution is 6.36. The summed E-state index contributed by atoms with van der Waals surface area (Å²) in [5.74, 6) is -0.737. The molecule has 9 nitrogen and oxygen atoms in total. The highest BCUT2D eigenvalue weighted by atomic mass is 35.5. The summed E-state index contributed by atoms with van der Waals surface area (Å²) in [5.41, 5.74) is 3.18. The zero-order valence-corrected chi connectivity index (χ0v) is 26.8. The Morgan fingerprint density at radius 2 is 1.93 bits per heavy atom. The van der Waals surface area contributed by atoms with E-state index in [1.165, 1.54) is 17.7 Å². The molecule has 0 aliphatic carbocycles. The van der Waals surface area contributed by atoms with E-state index in [1.54, 1.807) is 0 Å². The summed E-state index contributed by atoms with van der Waals surface area (Å²) in [6.45, 7) is 7.50. The molecule has 1 amide bonds. The Morgan fingerprint density at radius 1 is 1.13 bits per heavy atom. The Kier molecular flexibility index (Phi) is 9.31. The van der Waals surface area contributed by atoms with Gasteiger partial charge in [-0.05, 0) is 56.8 Å². The molecule has 4 aliphatic heterocycles. The third-order valence-corrected chi connectivity index (χ3v) is 10.0. The largest absolute Gasteiger partial charge is 0.365 e. The van der Waals surface area contributed by atoms with Crippen LogP contribution in [0.3, 0.4) is 0 Å². The zero-order chi connectivity index (χ0) is 31.7. The standard InChI is InChI=1S/C34H41ClFN7O2/c1-23(36)33(44)43-19-18-42(21-26(43)12-15-37)32-27-13-17-41(30-11-5-8-24-7-4-10-28(35)31(24)30)22-29(27)38-34(40(32)3)45-20-14-25-9-6-16-39(25)2/h4-5,7-8,10-11,25-26,34H,1,6,9,12-14,16-22H2,2-3H3/t25?,26-,34-/m0/s1. The van der Waals surface area contributed by atoms with E-state index < -0.39 is 24.1 Å². The molecule has 0 N–H and O–H groups in total. The van der Waals surface area contributed by atoms with Crippen molar-refractivity contribution in [2.45, 2.75) is 50.5 Å². The van der Waals surface area contributed by atoms with E-state index in [2.05, 4.69) is 63.6 Å². The summed E-state index contributed by atoms with van der Waals surface area (Å²) < 4.78 is 20.4. The Labute approximate surface area is 269 Å². The van der Waals surface area contributed by atoms with E-state index in [-0.39, 0.29) is 6.42 Å². The Hall–Kier alpha value is -3.65. The lowest BCUT2D eigenvalue weighted by Gasteiger charge is -2.48. The molecule has 2 aromatic rings. The number of hydrogen-bond acceptors (Lipinski definition) is 8. The van der Waals surface area contributed by atoms with Crippen molar-refractivity contribution in [1.29, 1.82) is 5.26 Å². The molecule has 3 saturated heterocycles. The Morgan fingerprint density at radius 3 is 2.67 bits per heavy atom. The van der Waals surface area contributed by atoms with E-state index in [9.17, 15) is 14.4 Å². The van der Waals surface area contributed by atoms with Crippen molar-refractivity contribution in [2.75, 3.05) is 64.9 Å². The van der Waals surface area contributed by atoms with Crippen molar-refractivity contribution >= 4 is 39.7 Å². The van der Waals surface area contributed by atoms with Crippen LogP contribution in [0, 0.1) is 11.3 Å². The van der Waals surface area contributed by atoms with Crippen LogP contribution in [0.2, 0.25) is 5.02 Å². The van der Waals surface area contributed by atoms with Crippen molar-refractivity contribution in [2.24, 2.45) is 4.99 Å². The molecule has 1 unspecified atom stereocenters. The van der Waals surface area contributed by atoms with Gasteiger partial charge in [-0.3, -0.25) is 4.79 Å². The monoisotopic (exact) mass is 633 g/mol. The number of nitriles is 1. The second-order valence-corrected chi connectivity index (χ2v) is 12.8. The van der Waals surface area contributed by atoms with Gasteiger partial charge in [0.25, 0.3) is 5.91 Å². The van der Waals surface area contributed by atoms with Crippen molar-refractivity contribution in [3.8, 4) is 6.07 Å². The summed E-state index contributed by atoms with van der Waals surface area (Å²) >= 11 is 6.72. The normalized spacial score (nSPS) is 24.2. The van der Waals surface area contributed by atoms with Crippen molar-refractivity contribution < 1.29 is 13.9 Å². The Balaban J connectivity index is 1.30. The summed E-state index contributed by atoms with van der Waals surface area (Å²) in [6.07, 6.45) is 3.68. The number of piperazine rings is 1. The predicted molar refractivity (Wildman–Crippen MR) is 176 cm³/mol. The number of benzene rings is 2. The number of hydrogen-bond donors (Lipinski definition) is 0. The van der Waals surface area contributed by atoms with Gasteiger partial charge >= 0.3 is 0 Å². The number of carbonyl (C=O) groups is 1. The van der Waals surface area contributed by atoms with E-state index in [0.29, 0.717) is 38.8 Å². The van der Waals surface area contributed by atoms with Gasteiger partial charge < -0.3 is 29.2 Å². The maximum absolute atomic E-state index is 13.9. The molecule has 0 bridgehead atoms. The summed E-state index contributed by atoms with van der Waals surface area (Å²) in [4.78, 5) is 28.3. The lowest BCUT2D eigenvalue weighted by molar-refractivity contribution is -0.133. The van der Waals surface area contributed by atoms with Crippen LogP contribution in [0.5, 0.6) is 0 Å². The SMILES string of the molecule is C=C(F)C(=O)N1CCN(C2=C3CCN(c4cccc5cccc(Cl)c45)CC3=N[C@H](OCCC3CCCN3C)N2C)C[C@@H]1CC#N. The number of piperidine rings is 1. The molecule has 4 heterocycles. The number of aliphatic imine (C=N–C) groups is 1. The number of amides is 1. The minimum Gasteiger partial charge on any atom is -0.365 e. The maximum Gasteiger partial charge on any atom is 0.282 e. The van der Waals surface area contributed by atoms with Gasteiger partial charge in [0.15, 0.2) is 5.83 Å². The third kappa shape index (κ3) is 6.26. The first-order valence-corrected chi connectivity index (χ1v) is 16.2. The van der Waals surface area contributed by atoms with E-state index in [0.717, 1.165) is 64.5 Å². The molecule has 11 heteroatoms. The lowest BCUT2D eigenvalue weighted by atomic mass is 9.96. The number of likely N-dealkylation sites (tertiary alicyclic amines) is 1. The fraction of sp³-hybridized carbons (Fsp3) is 0.500. The molecule has 6 rings (SSSR count). The first-order chi connectivity index (χ1) is 21.8. The van der Waals surface area contributed by atoms with Crippen molar-refractivity contribution in [1.82, 2.24) is 19.6 Å². The quantitative estimate of drug-likeness (QED) is 0.379. The highest BCUT2D eigenvalue weighted by Gasteiger charge is 2.39. The maximum atomic E-state index is 13.9. The molecule has 3 atom stereocenters. The van der Waals surface area contributed by atoms with Gasteiger partial charge in [-0.25, -0.2) is 9.38 Å². The first kappa shape index (κ1) is 31.3. The fourth-order valence-corrected chi connectivity index (χ4v) is 7.63. The zero-order valence-electron chi connectivity index (χ0n) is 26.1. The topological polar surface area (TPSA) is 78.7 Å². The molecule has 2 aromatic carbocycles. The van der Waals surface area contributed by atoms with E-state index >= 15 is 0 Å². The van der Waals surface area contributed by atoms with Gasteiger partial charge in [-0.2, -0.15) is 5.26 Å². The second-order valence-electron chi connectivity index (χ2n) is 12.4. The van der Waals surface area contributed by atoms with Crippen LogP contribution in [0.15, 0.2) is 65.2 Å². The Bertz CT molecular complexity index is 1570. The number of nitrogens with zero attached hydrogens (tertiary/aromatic N) is 7. The van der Waals surface area contributed by atoms with Gasteiger partial charge in [-0.1, -0.05) is 42.4 Å². The summed E-state index contributed by atoms with van der Waals surface area (Å²) in [6, 6.07) is 14.5. The van der Waals surface area contributed by atoms with Gasteiger partial charge in [0.05, 0.1) is 42.4 Å². The molecule has 0 radical (unpaired) electrons. The predicted octanol–water partition coefficient (Wildman–Crippen LogP) is 5.00. The van der Waals surface area contributed by atoms with Gasteiger partial charge in [0.2, 0.25) is 6.35 Å². The third-order valence-electron chi connectivity index (χ3n) is 9.69. The van der Waals surface area contributed by atoms with Gasteiger partial charge in [0, 0.05) is 55.9 Å². The highest BCUT2D eigenvalue weighted by Crippen LogP contribution is 2.37. The van der Waals surface area contributed by atoms with Crippen LogP contribution in [0.4, 0.5) is 10.1 Å². The number of rotatable bonds is 8. The van der Waals surface area contributed by atoms with Crippen LogP contribution in [0.1, 0.15) is 32.1 Å². The molecule has 238 valence electrons. The minimum atomic E-state index is -1.00. The average Bonchev–Trinajstić information content (AvgIpc) is 3.45. The molecular weight excluding hydrogens is 593 g/mol. The van der Waals surface area contributed by atoms with Gasteiger partial charge in [0.1, 0.15) is 5.82 Å². The van der Waals surface area contributed by atoms with E-state index in [4.69, 9.17) is 21.3 Å². The lowest BCUT2D eigenvalue weighted by Crippen LogP contribution is -2.58. The van der Waals surface area contributed by atoms with Crippen LogP contribution in [-0.2, 0) is 9.53 Å². The first-order valence-electron chi connectivity index (χ1n) is 15.8. The van der Waals surface area contributed by atoms with Crippen molar-refractivity contribution in [3.05, 3.63) is 65.2 Å². The number of fused-ring (bicyclic) bond motifs is 2. The summed E-state index contributed by atoms with van der Waals surface area (Å²) in [7, 11) is 4.18. The number of anilines is 1. The molecule has 0 saturated carbocycles.